The molecule has 0 unspecified atom stereocenters. The Morgan fingerprint density at radius 1 is 1.45 bits per heavy atom. The summed E-state index contributed by atoms with van der Waals surface area (Å²) in [5.41, 5.74) is 2.38. The highest BCUT2D eigenvalue weighted by atomic mass is 16.5. The van der Waals surface area contributed by atoms with Crippen molar-refractivity contribution in [2.75, 3.05) is 36.6 Å². The lowest BCUT2D eigenvalue weighted by molar-refractivity contribution is -0.119. The molecule has 1 aromatic heterocycles. The Morgan fingerprint density at radius 2 is 2.30 bits per heavy atom. The molecule has 0 aromatic carbocycles. The number of carbonyl (C=O) groups excluding carboxylic acids is 1. The average molecular weight is 281 g/mol. The molecule has 0 atom stereocenters. The van der Waals surface area contributed by atoms with Gasteiger partial charge in [0.25, 0.3) is 0 Å². The number of amides is 1. The molecule has 4 N–H and O–H groups in total. The van der Waals surface area contributed by atoms with Crippen molar-refractivity contribution in [3.8, 4) is 6.01 Å². The van der Waals surface area contributed by atoms with Gasteiger partial charge in [-0.25, -0.2) is 5.84 Å². The van der Waals surface area contributed by atoms with Gasteiger partial charge in [0.2, 0.25) is 17.8 Å². The molecule has 9 nitrogen and oxygen atoms in total. The van der Waals surface area contributed by atoms with Crippen LogP contribution in [0.1, 0.15) is 19.8 Å². The van der Waals surface area contributed by atoms with Crippen LogP contribution in [0.5, 0.6) is 6.01 Å². The van der Waals surface area contributed by atoms with Gasteiger partial charge in [0.1, 0.15) is 0 Å². The zero-order valence-electron chi connectivity index (χ0n) is 11.4. The smallest absolute Gasteiger partial charge is 0.323 e. The molecular weight excluding hydrogens is 262 g/mol. The number of nitrogen functional groups attached to an aromatic ring is 1. The quantitative estimate of drug-likeness (QED) is 0.477. The van der Waals surface area contributed by atoms with Crippen LogP contribution >= 0.6 is 0 Å². The summed E-state index contributed by atoms with van der Waals surface area (Å²) in [7, 11) is 0. The largest absolute Gasteiger partial charge is 0.463 e. The van der Waals surface area contributed by atoms with Crippen LogP contribution < -0.4 is 26.2 Å². The molecule has 1 aliphatic rings. The molecule has 0 bridgehead atoms. The summed E-state index contributed by atoms with van der Waals surface area (Å²) >= 11 is 0. The molecule has 0 spiro atoms. The Balaban J connectivity index is 2.21. The number of carbonyl (C=O) groups is 1. The number of ether oxygens (including phenoxy) is 1. The molecule has 1 aliphatic heterocycles. The van der Waals surface area contributed by atoms with Gasteiger partial charge >= 0.3 is 6.01 Å². The van der Waals surface area contributed by atoms with Gasteiger partial charge in [0.05, 0.1) is 13.2 Å². The molecule has 2 heterocycles. The van der Waals surface area contributed by atoms with E-state index in [0.29, 0.717) is 25.6 Å². The van der Waals surface area contributed by atoms with Crippen molar-refractivity contribution in [3.63, 3.8) is 0 Å². The van der Waals surface area contributed by atoms with Gasteiger partial charge in [-0.2, -0.15) is 15.0 Å². The first-order valence-corrected chi connectivity index (χ1v) is 6.60. The van der Waals surface area contributed by atoms with Crippen LogP contribution in [0, 0.1) is 0 Å². The monoisotopic (exact) mass is 281 g/mol. The van der Waals surface area contributed by atoms with Crippen LogP contribution in [0.25, 0.3) is 0 Å². The molecule has 110 valence electrons. The summed E-state index contributed by atoms with van der Waals surface area (Å²) in [6.07, 6.45) is 1.67. The standard InChI is InChI=1S/C11H19N7O2/c1-2-6-20-11-15-9(17-12)14-10(16-11)18-5-3-4-13-8(19)7-18/h2-7,12H2,1H3,(H,13,19)(H,14,15,16,17). The first kappa shape index (κ1) is 14.3. The lowest BCUT2D eigenvalue weighted by Crippen LogP contribution is -2.34. The fraction of sp³-hybridized carbons (Fsp3) is 0.636. The SMILES string of the molecule is CCCOc1nc(NN)nc(N2CCCNC(=O)C2)n1. The minimum absolute atomic E-state index is 0.0544. The maximum Gasteiger partial charge on any atom is 0.323 e. The third kappa shape index (κ3) is 3.67. The van der Waals surface area contributed by atoms with Crippen LogP contribution in [-0.2, 0) is 4.79 Å². The van der Waals surface area contributed by atoms with Crippen LogP contribution in [0.2, 0.25) is 0 Å². The van der Waals surface area contributed by atoms with Crippen molar-refractivity contribution in [2.24, 2.45) is 5.84 Å². The predicted octanol–water partition coefficient (Wildman–Crippen LogP) is -0.728. The lowest BCUT2D eigenvalue weighted by Gasteiger charge is -2.19. The summed E-state index contributed by atoms with van der Waals surface area (Å²) in [5, 5.41) is 2.80. The van der Waals surface area contributed by atoms with E-state index in [-0.39, 0.29) is 24.4 Å². The molecule has 1 saturated heterocycles. The highest BCUT2D eigenvalue weighted by molar-refractivity contribution is 5.81. The third-order valence-corrected chi connectivity index (χ3v) is 2.71. The number of nitrogens with zero attached hydrogens (tertiary/aromatic N) is 4. The van der Waals surface area contributed by atoms with E-state index in [4.69, 9.17) is 10.6 Å². The molecule has 1 aromatic rings. The van der Waals surface area contributed by atoms with Gasteiger partial charge in [0, 0.05) is 13.1 Å². The van der Waals surface area contributed by atoms with Gasteiger partial charge in [-0.05, 0) is 12.8 Å². The van der Waals surface area contributed by atoms with Crippen molar-refractivity contribution in [2.45, 2.75) is 19.8 Å². The van der Waals surface area contributed by atoms with Gasteiger partial charge in [-0.15, -0.1) is 0 Å². The Hall–Kier alpha value is -2.16. The summed E-state index contributed by atoms with van der Waals surface area (Å²) < 4.78 is 5.40. The highest BCUT2D eigenvalue weighted by Crippen LogP contribution is 2.15. The number of hydrogen-bond donors (Lipinski definition) is 3. The average Bonchev–Trinajstić information content (AvgIpc) is 2.69. The number of anilines is 2. The summed E-state index contributed by atoms with van der Waals surface area (Å²) in [4.78, 5) is 25.8. The molecule has 1 amide bonds. The number of rotatable bonds is 5. The zero-order chi connectivity index (χ0) is 14.4. The second-order valence-electron chi connectivity index (χ2n) is 4.36. The van der Waals surface area contributed by atoms with Crippen molar-refractivity contribution >= 4 is 17.8 Å². The highest BCUT2D eigenvalue weighted by Gasteiger charge is 2.19. The molecule has 20 heavy (non-hydrogen) atoms. The number of nitrogens with two attached hydrogens (primary N) is 1. The van der Waals surface area contributed by atoms with E-state index >= 15 is 0 Å². The molecule has 2 rings (SSSR count). The Morgan fingerprint density at radius 3 is 3.05 bits per heavy atom. The number of hydrazine groups is 1. The van der Waals surface area contributed by atoms with Gasteiger partial charge in [-0.1, -0.05) is 6.92 Å². The topological polar surface area (TPSA) is 118 Å². The minimum Gasteiger partial charge on any atom is -0.463 e. The van der Waals surface area contributed by atoms with Crippen LogP contribution in [-0.4, -0.2) is 47.1 Å². The zero-order valence-corrected chi connectivity index (χ0v) is 11.4. The van der Waals surface area contributed by atoms with E-state index in [2.05, 4.69) is 25.7 Å². The fourth-order valence-corrected chi connectivity index (χ4v) is 1.79. The Bertz CT molecular complexity index is 468. The number of nitrogens with one attached hydrogen (secondary N) is 2. The molecule has 9 heteroatoms. The van der Waals surface area contributed by atoms with Crippen molar-refractivity contribution in [1.29, 1.82) is 0 Å². The summed E-state index contributed by atoms with van der Waals surface area (Å²) in [6, 6.07) is 0.203. The van der Waals surface area contributed by atoms with E-state index in [1.807, 2.05) is 6.92 Å². The maximum absolute atomic E-state index is 11.6. The second-order valence-corrected chi connectivity index (χ2v) is 4.36. The summed E-state index contributed by atoms with van der Waals surface area (Å²) in [6.45, 7) is 4.04. The Kier molecular flexibility index (Phi) is 4.88. The number of hydrogen-bond acceptors (Lipinski definition) is 8. The van der Waals surface area contributed by atoms with Crippen molar-refractivity contribution in [1.82, 2.24) is 20.3 Å². The van der Waals surface area contributed by atoms with Crippen LogP contribution in [0.3, 0.4) is 0 Å². The summed E-state index contributed by atoms with van der Waals surface area (Å²) in [5.74, 6) is 5.89. The molecule has 0 aliphatic carbocycles. The number of aromatic nitrogens is 3. The second kappa shape index (κ2) is 6.85. The minimum atomic E-state index is -0.0544. The first-order valence-electron chi connectivity index (χ1n) is 6.60. The normalized spacial score (nSPS) is 15.5. The first-order chi connectivity index (χ1) is 9.72. The van der Waals surface area contributed by atoms with Gasteiger partial charge < -0.3 is 15.0 Å². The molecular formula is C11H19N7O2. The van der Waals surface area contributed by atoms with E-state index in [9.17, 15) is 4.79 Å². The maximum atomic E-state index is 11.6. The van der Waals surface area contributed by atoms with E-state index in [1.54, 1.807) is 4.90 Å². The van der Waals surface area contributed by atoms with Crippen molar-refractivity contribution < 1.29 is 9.53 Å². The third-order valence-electron chi connectivity index (χ3n) is 2.71. The van der Waals surface area contributed by atoms with Crippen molar-refractivity contribution in [3.05, 3.63) is 0 Å². The molecule has 1 fully saturated rings. The van der Waals surface area contributed by atoms with Crippen LogP contribution in [0.4, 0.5) is 11.9 Å². The van der Waals surface area contributed by atoms with E-state index in [0.717, 1.165) is 12.8 Å². The molecule has 0 radical (unpaired) electrons. The predicted molar refractivity (Wildman–Crippen MR) is 73.3 cm³/mol. The lowest BCUT2D eigenvalue weighted by atomic mass is 10.4. The Labute approximate surface area is 116 Å². The van der Waals surface area contributed by atoms with Crippen LogP contribution in [0.15, 0.2) is 0 Å². The molecule has 0 saturated carbocycles. The van der Waals surface area contributed by atoms with E-state index in [1.165, 1.54) is 0 Å². The van der Waals surface area contributed by atoms with Gasteiger partial charge in [-0.3, -0.25) is 10.2 Å². The van der Waals surface area contributed by atoms with E-state index < -0.39 is 0 Å². The fourth-order valence-electron chi connectivity index (χ4n) is 1.79. The van der Waals surface area contributed by atoms with Gasteiger partial charge in [0.15, 0.2) is 0 Å².